The Morgan fingerprint density at radius 3 is 2.52 bits per heavy atom. The van der Waals surface area contributed by atoms with Gasteiger partial charge in [-0.3, -0.25) is 4.79 Å². The average molecular weight is 351 g/mol. The molecule has 1 saturated carbocycles. The number of carbonyl (C=O) groups is 1. The number of aliphatic hydroxyl groups is 2. The van der Waals surface area contributed by atoms with Crippen LogP contribution in [0.1, 0.15) is 79.1 Å². The first-order valence-electron chi connectivity index (χ1n) is 10.1. The third kappa shape index (κ3) is 7.07. The fraction of sp³-hybridized carbons (Fsp3) is 0.773. The van der Waals surface area contributed by atoms with Crippen molar-refractivity contribution in [1.82, 2.24) is 0 Å². The summed E-state index contributed by atoms with van der Waals surface area (Å²) in [5.41, 5.74) is -0.185. The summed E-state index contributed by atoms with van der Waals surface area (Å²) in [7, 11) is 0. The van der Waals surface area contributed by atoms with Crippen LogP contribution in [0, 0.1) is 17.3 Å². The molecule has 4 atom stereocenters. The van der Waals surface area contributed by atoms with Crippen LogP contribution in [-0.2, 0) is 4.79 Å². The van der Waals surface area contributed by atoms with Crippen LogP contribution in [0.5, 0.6) is 0 Å². The molecule has 0 saturated heterocycles. The van der Waals surface area contributed by atoms with Gasteiger partial charge in [-0.15, -0.1) is 0 Å². The Bertz CT molecular complexity index is 450. The van der Waals surface area contributed by atoms with Gasteiger partial charge in [0.05, 0.1) is 12.2 Å². The van der Waals surface area contributed by atoms with E-state index in [1.807, 2.05) is 6.08 Å². The molecule has 0 aliphatic heterocycles. The molecule has 0 amide bonds. The number of hydrogen-bond donors (Lipinski definition) is 2. The summed E-state index contributed by atoms with van der Waals surface area (Å²) in [5.74, 6) is -0.197. The predicted octanol–water partition coefficient (Wildman–Crippen LogP) is 4.82. The minimum absolute atomic E-state index is 0.141. The number of ketones is 1. The SMILES string of the molecule is CCCC/C=C\C[C@H]1C(=O)C[C@@H](O)[C@@H]1/C=C/[C@@H](O)C(C)(C)CCCC. The second-order valence-electron chi connectivity index (χ2n) is 8.19. The van der Waals surface area contributed by atoms with E-state index in [1.54, 1.807) is 6.08 Å². The number of rotatable bonds is 11. The largest absolute Gasteiger partial charge is 0.392 e. The Labute approximate surface area is 154 Å². The molecule has 0 aromatic carbocycles. The number of unbranched alkanes of at least 4 members (excludes halogenated alkanes) is 3. The number of carbonyl (C=O) groups excluding carboxylic acids is 1. The van der Waals surface area contributed by atoms with Gasteiger partial charge in [0.2, 0.25) is 0 Å². The van der Waals surface area contributed by atoms with Gasteiger partial charge in [0.25, 0.3) is 0 Å². The average Bonchev–Trinajstić information content (AvgIpc) is 2.83. The van der Waals surface area contributed by atoms with Gasteiger partial charge in [-0.1, -0.05) is 77.7 Å². The van der Waals surface area contributed by atoms with Crippen molar-refractivity contribution < 1.29 is 15.0 Å². The van der Waals surface area contributed by atoms with Crippen molar-refractivity contribution >= 4 is 5.78 Å². The third-order valence-electron chi connectivity index (χ3n) is 5.50. The zero-order valence-electron chi connectivity index (χ0n) is 16.6. The van der Waals surface area contributed by atoms with Crippen LogP contribution < -0.4 is 0 Å². The summed E-state index contributed by atoms with van der Waals surface area (Å²) < 4.78 is 0. The molecule has 1 aliphatic carbocycles. The number of hydrogen-bond acceptors (Lipinski definition) is 3. The molecule has 0 aromatic heterocycles. The maximum absolute atomic E-state index is 12.2. The molecule has 0 unspecified atom stereocenters. The van der Waals surface area contributed by atoms with Gasteiger partial charge in [0.15, 0.2) is 0 Å². The Hall–Kier alpha value is -0.930. The van der Waals surface area contributed by atoms with E-state index >= 15 is 0 Å². The van der Waals surface area contributed by atoms with Gasteiger partial charge in [-0.2, -0.15) is 0 Å². The molecule has 144 valence electrons. The van der Waals surface area contributed by atoms with E-state index in [0.29, 0.717) is 6.42 Å². The van der Waals surface area contributed by atoms with E-state index in [-0.39, 0.29) is 29.5 Å². The Kier molecular flexibility index (Phi) is 9.66. The Morgan fingerprint density at radius 1 is 1.20 bits per heavy atom. The van der Waals surface area contributed by atoms with E-state index in [4.69, 9.17) is 0 Å². The maximum Gasteiger partial charge on any atom is 0.139 e. The molecule has 0 bridgehead atoms. The molecule has 1 fully saturated rings. The Balaban J connectivity index is 2.68. The minimum Gasteiger partial charge on any atom is -0.392 e. The lowest BCUT2D eigenvalue weighted by atomic mass is 9.80. The second kappa shape index (κ2) is 10.9. The third-order valence-corrected chi connectivity index (χ3v) is 5.50. The molecular formula is C22H38O3. The zero-order chi connectivity index (χ0) is 18.9. The highest BCUT2D eigenvalue weighted by Gasteiger charge is 2.39. The van der Waals surface area contributed by atoms with Crippen LogP contribution in [0.3, 0.4) is 0 Å². The fourth-order valence-corrected chi connectivity index (χ4v) is 3.48. The van der Waals surface area contributed by atoms with Crippen molar-refractivity contribution in [1.29, 1.82) is 0 Å². The molecule has 3 heteroatoms. The lowest BCUT2D eigenvalue weighted by Gasteiger charge is -2.29. The van der Waals surface area contributed by atoms with Crippen molar-refractivity contribution in [3.8, 4) is 0 Å². The van der Waals surface area contributed by atoms with E-state index in [1.165, 1.54) is 12.8 Å². The van der Waals surface area contributed by atoms with E-state index in [0.717, 1.165) is 25.7 Å². The molecule has 25 heavy (non-hydrogen) atoms. The summed E-state index contributed by atoms with van der Waals surface area (Å²) in [5, 5.41) is 20.8. The normalized spacial score (nSPS) is 26.2. The molecule has 0 spiro atoms. The zero-order valence-corrected chi connectivity index (χ0v) is 16.6. The summed E-state index contributed by atoms with van der Waals surface area (Å²) in [6.45, 7) is 8.46. The van der Waals surface area contributed by atoms with Gasteiger partial charge in [0.1, 0.15) is 5.78 Å². The van der Waals surface area contributed by atoms with Crippen LogP contribution in [0.2, 0.25) is 0 Å². The van der Waals surface area contributed by atoms with Gasteiger partial charge in [-0.05, 0) is 24.7 Å². The lowest BCUT2D eigenvalue weighted by Crippen LogP contribution is -2.28. The van der Waals surface area contributed by atoms with Crippen LogP contribution in [0.4, 0.5) is 0 Å². The van der Waals surface area contributed by atoms with Gasteiger partial charge in [-0.25, -0.2) is 0 Å². The molecule has 3 nitrogen and oxygen atoms in total. The number of aliphatic hydroxyl groups excluding tert-OH is 2. The smallest absolute Gasteiger partial charge is 0.139 e. The second-order valence-corrected chi connectivity index (χ2v) is 8.19. The van der Waals surface area contributed by atoms with Crippen molar-refractivity contribution in [2.45, 2.75) is 91.3 Å². The van der Waals surface area contributed by atoms with Crippen molar-refractivity contribution in [2.24, 2.45) is 17.3 Å². The molecule has 0 heterocycles. The lowest BCUT2D eigenvalue weighted by molar-refractivity contribution is -0.121. The minimum atomic E-state index is -0.622. The highest BCUT2D eigenvalue weighted by atomic mass is 16.3. The van der Waals surface area contributed by atoms with Crippen molar-refractivity contribution in [3.05, 3.63) is 24.3 Å². The first kappa shape index (κ1) is 22.1. The monoisotopic (exact) mass is 350 g/mol. The molecule has 1 rings (SSSR count). The van der Waals surface area contributed by atoms with E-state index in [9.17, 15) is 15.0 Å². The fourth-order valence-electron chi connectivity index (χ4n) is 3.48. The highest BCUT2D eigenvalue weighted by Crippen LogP contribution is 2.35. The maximum atomic E-state index is 12.2. The highest BCUT2D eigenvalue weighted by molar-refractivity contribution is 5.84. The van der Waals surface area contributed by atoms with Crippen LogP contribution in [-0.4, -0.2) is 28.2 Å². The molecular weight excluding hydrogens is 312 g/mol. The van der Waals surface area contributed by atoms with E-state index in [2.05, 4.69) is 39.8 Å². The van der Waals surface area contributed by atoms with Crippen LogP contribution in [0.15, 0.2) is 24.3 Å². The first-order chi connectivity index (χ1) is 11.8. The van der Waals surface area contributed by atoms with Gasteiger partial charge in [0, 0.05) is 18.3 Å². The Morgan fingerprint density at radius 2 is 1.88 bits per heavy atom. The van der Waals surface area contributed by atoms with Crippen molar-refractivity contribution in [3.63, 3.8) is 0 Å². The van der Waals surface area contributed by atoms with E-state index < -0.39 is 12.2 Å². The molecule has 0 aromatic rings. The van der Waals surface area contributed by atoms with Gasteiger partial charge >= 0.3 is 0 Å². The number of Topliss-reactive ketones (excluding diaryl/α,β-unsaturated/α-hetero) is 1. The van der Waals surface area contributed by atoms with Crippen LogP contribution >= 0.6 is 0 Å². The predicted molar refractivity (Wildman–Crippen MR) is 104 cm³/mol. The molecule has 0 radical (unpaired) electrons. The first-order valence-corrected chi connectivity index (χ1v) is 10.1. The van der Waals surface area contributed by atoms with Crippen LogP contribution in [0.25, 0.3) is 0 Å². The molecule has 2 N–H and O–H groups in total. The topological polar surface area (TPSA) is 57.5 Å². The quantitative estimate of drug-likeness (QED) is 0.415. The summed E-state index contributed by atoms with van der Waals surface area (Å²) in [6.07, 6.45) is 14.2. The van der Waals surface area contributed by atoms with Crippen molar-refractivity contribution in [2.75, 3.05) is 0 Å². The molecule has 1 aliphatic rings. The summed E-state index contributed by atoms with van der Waals surface area (Å²) >= 11 is 0. The standard InChI is InChI=1S/C22H38O3/c1-5-7-9-10-11-12-17-18(20(24)16-19(17)23)13-14-21(25)22(3,4)15-8-6-2/h10-11,13-14,17-18,20-21,24-25H,5-9,12,15-16H2,1-4H3/b11-10-,14-13+/t17-,18-,20-,21-/m1/s1. The summed E-state index contributed by atoms with van der Waals surface area (Å²) in [6, 6.07) is 0. The summed E-state index contributed by atoms with van der Waals surface area (Å²) in [4.78, 5) is 12.2. The van der Waals surface area contributed by atoms with Gasteiger partial charge < -0.3 is 10.2 Å². The number of allylic oxidation sites excluding steroid dienone is 2.